The molecule has 0 aromatic heterocycles. The van der Waals surface area contributed by atoms with Gasteiger partial charge in [-0.15, -0.1) is 0 Å². The number of alkyl halides is 3. The van der Waals surface area contributed by atoms with Gasteiger partial charge in [0.15, 0.2) is 0 Å². The highest BCUT2D eigenvalue weighted by molar-refractivity contribution is 5.82. The van der Waals surface area contributed by atoms with Gasteiger partial charge in [-0.25, -0.2) is 0 Å². The second-order valence-electron chi connectivity index (χ2n) is 6.90. The van der Waals surface area contributed by atoms with Gasteiger partial charge < -0.3 is 9.64 Å². The van der Waals surface area contributed by atoms with Gasteiger partial charge in [-0.2, -0.15) is 13.2 Å². The molecule has 0 N–H and O–H groups in total. The number of rotatable bonds is 2. The third-order valence-corrected chi connectivity index (χ3v) is 5.44. The number of hydrogen-bond donors (Lipinski definition) is 0. The van der Waals surface area contributed by atoms with Crippen LogP contribution in [0.4, 0.5) is 13.2 Å². The van der Waals surface area contributed by atoms with E-state index in [2.05, 4.69) is 4.90 Å². The van der Waals surface area contributed by atoms with Crippen LogP contribution in [0.5, 0.6) is 0 Å². The molecule has 132 valence electrons. The SMILES string of the molecule is O=C(C1CCCN1C1CCOCC1)N1CCCC(C(F)(F)F)C1. The van der Waals surface area contributed by atoms with Crippen molar-refractivity contribution in [2.45, 2.75) is 56.8 Å². The first-order valence-corrected chi connectivity index (χ1v) is 8.66. The van der Waals surface area contributed by atoms with Crippen LogP contribution in [0.1, 0.15) is 38.5 Å². The van der Waals surface area contributed by atoms with Gasteiger partial charge in [-0.1, -0.05) is 0 Å². The van der Waals surface area contributed by atoms with E-state index < -0.39 is 12.1 Å². The van der Waals surface area contributed by atoms with Gasteiger partial charge >= 0.3 is 6.18 Å². The zero-order chi connectivity index (χ0) is 16.4. The Balaban J connectivity index is 1.64. The van der Waals surface area contributed by atoms with Crippen molar-refractivity contribution in [1.29, 1.82) is 0 Å². The van der Waals surface area contributed by atoms with Crippen LogP contribution in [0.25, 0.3) is 0 Å². The maximum absolute atomic E-state index is 13.0. The number of likely N-dealkylation sites (tertiary alicyclic amines) is 2. The van der Waals surface area contributed by atoms with Crippen LogP contribution in [0.15, 0.2) is 0 Å². The number of carbonyl (C=O) groups excluding carboxylic acids is 1. The molecule has 4 nitrogen and oxygen atoms in total. The molecule has 3 aliphatic heterocycles. The summed E-state index contributed by atoms with van der Waals surface area (Å²) in [5, 5.41) is 0. The third kappa shape index (κ3) is 3.82. The highest BCUT2D eigenvalue weighted by Gasteiger charge is 2.45. The van der Waals surface area contributed by atoms with Crippen LogP contribution in [-0.2, 0) is 9.53 Å². The third-order valence-electron chi connectivity index (χ3n) is 5.44. The van der Waals surface area contributed by atoms with Gasteiger partial charge in [0.25, 0.3) is 0 Å². The van der Waals surface area contributed by atoms with Crippen molar-refractivity contribution in [1.82, 2.24) is 9.80 Å². The molecule has 1 amide bonds. The fourth-order valence-corrected chi connectivity index (χ4v) is 4.16. The molecule has 0 aromatic carbocycles. The Morgan fingerprint density at radius 1 is 1.00 bits per heavy atom. The summed E-state index contributed by atoms with van der Waals surface area (Å²) in [4.78, 5) is 16.5. The summed E-state index contributed by atoms with van der Waals surface area (Å²) < 4.78 is 44.3. The quantitative estimate of drug-likeness (QED) is 0.778. The van der Waals surface area contributed by atoms with E-state index in [9.17, 15) is 18.0 Å². The summed E-state index contributed by atoms with van der Waals surface area (Å²) in [5.41, 5.74) is 0. The van der Waals surface area contributed by atoms with E-state index in [1.807, 2.05) is 0 Å². The van der Waals surface area contributed by atoms with Gasteiger partial charge in [0, 0.05) is 32.3 Å². The molecule has 3 saturated heterocycles. The fraction of sp³-hybridized carbons (Fsp3) is 0.938. The normalized spacial score (nSPS) is 31.5. The van der Waals surface area contributed by atoms with E-state index in [-0.39, 0.29) is 24.9 Å². The molecular weight excluding hydrogens is 309 g/mol. The maximum atomic E-state index is 13.0. The number of amides is 1. The molecule has 7 heteroatoms. The monoisotopic (exact) mass is 334 g/mol. The summed E-state index contributed by atoms with van der Waals surface area (Å²) in [7, 11) is 0. The highest BCUT2D eigenvalue weighted by Crippen LogP contribution is 2.34. The Morgan fingerprint density at radius 2 is 1.70 bits per heavy atom. The summed E-state index contributed by atoms with van der Waals surface area (Å²) in [5.74, 6) is -1.46. The standard InChI is InChI=1S/C16H25F3N2O2/c17-16(18,19)12-3-1-7-20(11-12)15(22)14-4-2-8-21(14)13-5-9-23-10-6-13/h12-14H,1-11H2. The van der Waals surface area contributed by atoms with Gasteiger partial charge in [-0.3, -0.25) is 9.69 Å². The zero-order valence-corrected chi connectivity index (χ0v) is 13.4. The first kappa shape index (κ1) is 17.0. The van der Waals surface area contributed by atoms with E-state index >= 15 is 0 Å². The molecule has 3 fully saturated rings. The van der Waals surface area contributed by atoms with Crippen molar-refractivity contribution in [2.24, 2.45) is 5.92 Å². The van der Waals surface area contributed by atoms with Gasteiger partial charge in [0.05, 0.1) is 12.0 Å². The lowest BCUT2D eigenvalue weighted by Gasteiger charge is -2.39. The number of hydrogen-bond acceptors (Lipinski definition) is 3. The molecular formula is C16H25F3N2O2. The van der Waals surface area contributed by atoms with Crippen molar-refractivity contribution < 1.29 is 22.7 Å². The summed E-state index contributed by atoms with van der Waals surface area (Å²) in [6, 6.07) is 0.105. The minimum absolute atomic E-state index is 0.0945. The largest absolute Gasteiger partial charge is 0.393 e. The summed E-state index contributed by atoms with van der Waals surface area (Å²) in [6.07, 6.45) is -0.0753. The average Bonchev–Trinajstić information content (AvgIpc) is 3.04. The number of piperidine rings is 1. The molecule has 0 bridgehead atoms. The van der Waals surface area contributed by atoms with E-state index in [1.54, 1.807) is 0 Å². The van der Waals surface area contributed by atoms with E-state index in [1.165, 1.54) is 4.90 Å². The minimum Gasteiger partial charge on any atom is -0.381 e. The molecule has 23 heavy (non-hydrogen) atoms. The van der Waals surface area contributed by atoms with Crippen LogP contribution < -0.4 is 0 Å². The molecule has 2 unspecified atom stereocenters. The molecule has 0 saturated carbocycles. The summed E-state index contributed by atoms with van der Waals surface area (Å²) >= 11 is 0. The van der Waals surface area contributed by atoms with Crippen molar-refractivity contribution in [3.63, 3.8) is 0 Å². The second kappa shape index (κ2) is 6.97. The molecule has 0 spiro atoms. The van der Waals surface area contributed by atoms with Crippen molar-refractivity contribution in [3.8, 4) is 0 Å². The van der Waals surface area contributed by atoms with Crippen LogP contribution in [0, 0.1) is 5.92 Å². The Hall–Kier alpha value is -0.820. The number of nitrogens with zero attached hydrogens (tertiary/aromatic N) is 2. The molecule has 0 radical (unpaired) electrons. The van der Waals surface area contributed by atoms with Crippen molar-refractivity contribution in [3.05, 3.63) is 0 Å². The number of carbonyl (C=O) groups is 1. The molecule has 3 rings (SSSR count). The lowest BCUT2D eigenvalue weighted by atomic mass is 9.96. The topological polar surface area (TPSA) is 32.8 Å². The smallest absolute Gasteiger partial charge is 0.381 e. The molecule has 0 aliphatic carbocycles. The lowest BCUT2D eigenvalue weighted by molar-refractivity contribution is -0.188. The van der Waals surface area contributed by atoms with E-state index in [0.717, 1.165) is 32.2 Å². The van der Waals surface area contributed by atoms with E-state index in [0.29, 0.717) is 32.2 Å². The van der Waals surface area contributed by atoms with Crippen molar-refractivity contribution >= 4 is 5.91 Å². The van der Waals surface area contributed by atoms with Gasteiger partial charge in [-0.05, 0) is 45.1 Å². The minimum atomic E-state index is -4.20. The van der Waals surface area contributed by atoms with Crippen LogP contribution >= 0.6 is 0 Å². The van der Waals surface area contributed by atoms with Gasteiger partial charge in [0.1, 0.15) is 0 Å². The average molecular weight is 334 g/mol. The molecule has 3 heterocycles. The fourth-order valence-electron chi connectivity index (χ4n) is 4.16. The van der Waals surface area contributed by atoms with E-state index in [4.69, 9.17) is 4.74 Å². The van der Waals surface area contributed by atoms with Crippen LogP contribution in [-0.4, -0.2) is 66.8 Å². The first-order valence-electron chi connectivity index (χ1n) is 8.66. The Labute approximate surface area is 134 Å². The van der Waals surface area contributed by atoms with Crippen molar-refractivity contribution in [2.75, 3.05) is 32.8 Å². The highest BCUT2D eigenvalue weighted by atomic mass is 19.4. The van der Waals surface area contributed by atoms with Crippen LogP contribution in [0.3, 0.4) is 0 Å². The Kier molecular flexibility index (Phi) is 5.16. The molecule has 2 atom stereocenters. The van der Waals surface area contributed by atoms with Crippen LogP contribution in [0.2, 0.25) is 0 Å². The number of ether oxygens (including phenoxy) is 1. The molecule has 0 aromatic rings. The predicted molar refractivity (Wildman–Crippen MR) is 78.9 cm³/mol. The Morgan fingerprint density at radius 3 is 2.39 bits per heavy atom. The lowest BCUT2D eigenvalue weighted by Crippen LogP contribution is -2.53. The predicted octanol–water partition coefficient (Wildman–Crippen LogP) is 2.43. The summed E-state index contributed by atoms with van der Waals surface area (Å²) in [6.45, 7) is 2.59. The zero-order valence-electron chi connectivity index (χ0n) is 13.4. The first-order chi connectivity index (χ1) is 11.0. The second-order valence-corrected chi connectivity index (χ2v) is 6.90. The van der Waals surface area contributed by atoms with Gasteiger partial charge in [0.2, 0.25) is 5.91 Å². The number of halogens is 3. The Bertz CT molecular complexity index is 424. The maximum Gasteiger partial charge on any atom is 0.393 e. The molecule has 3 aliphatic rings.